The summed E-state index contributed by atoms with van der Waals surface area (Å²) in [5.41, 5.74) is 7.87. The van der Waals surface area contributed by atoms with E-state index in [2.05, 4.69) is 0 Å². The monoisotopic (exact) mass is 413 g/mol. The van der Waals surface area contributed by atoms with Gasteiger partial charge in [-0.3, -0.25) is 0 Å². The zero-order valence-corrected chi connectivity index (χ0v) is 17.6. The number of esters is 2. The number of benzene rings is 2. The maximum Gasteiger partial charge on any atom is 0.351 e. The third-order valence-electron chi connectivity index (χ3n) is 3.99. The van der Waals surface area contributed by atoms with Crippen LogP contribution >= 0.6 is 11.3 Å². The van der Waals surface area contributed by atoms with Crippen LogP contribution in [0.15, 0.2) is 42.5 Å². The lowest BCUT2D eigenvalue weighted by molar-refractivity contribution is -0.157. The number of hydrogen-bond donors (Lipinski definition) is 1. The number of nitrogen functional groups attached to an aromatic ring is 1. The standard InChI is InChI=1S/C22H23NO5S/c1-22(2,3)28-18(24)12-27-19-16-9-8-14(13-6-5-7-15(23)10-13)11-17(16)29-20(19)21(25)26-4/h5-11H,12,23H2,1-4H3. The summed E-state index contributed by atoms with van der Waals surface area (Å²) in [5.74, 6) is -0.707. The molecule has 0 amide bonds. The molecule has 29 heavy (non-hydrogen) atoms. The highest BCUT2D eigenvalue weighted by molar-refractivity contribution is 7.21. The van der Waals surface area contributed by atoms with Crippen molar-refractivity contribution in [3.8, 4) is 16.9 Å². The van der Waals surface area contributed by atoms with Gasteiger partial charge in [0.15, 0.2) is 17.2 Å². The number of carbonyl (C=O) groups is 2. The summed E-state index contributed by atoms with van der Waals surface area (Å²) in [7, 11) is 1.31. The fourth-order valence-corrected chi connectivity index (χ4v) is 3.95. The van der Waals surface area contributed by atoms with Crippen molar-refractivity contribution >= 4 is 39.0 Å². The number of carbonyl (C=O) groups excluding carboxylic acids is 2. The zero-order valence-electron chi connectivity index (χ0n) is 16.8. The Labute approximate surface area is 173 Å². The Morgan fingerprint density at radius 1 is 1.07 bits per heavy atom. The van der Waals surface area contributed by atoms with E-state index in [1.807, 2.05) is 42.5 Å². The topological polar surface area (TPSA) is 87.9 Å². The quantitative estimate of drug-likeness (QED) is 0.484. The lowest BCUT2D eigenvalue weighted by Gasteiger charge is -2.19. The summed E-state index contributed by atoms with van der Waals surface area (Å²) in [4.78, 5) is 24.6. The lowest BCUT2D eigenvalue weighted by atomic mass is 10.0. The maximum atomic E-state index is 12.3. The number of thiophene rings is 1. The van der Waals surface area contributed by atoms with E-state index in [1.54, 1.807) is 20.8 Å². The SMILES string of the molecule is COC(=O)c1sc2cc(-c3cccc(N)c3)ccc2c1OCC(=O)OC(C)(C)C. The minimum Gasteiger partial charge on any atom is -0.479 e. The molecule has 0 bridgehead atoms. The van der Waals surface area contributed by atoms with E-state index in [-0.39, 0.29) is 6.61 Å². The lowest BCUT2D eigenvalue weighted by Crippen LogP contribution is -2.27. The molecule has 0 saturated carbocycles. The second-order valence-electron chi connectivity index (χ2n) is 7.46. The smallest absolute Gasteiger partial charge is 0.351 e. The Kier molecular flexibility index (Phi) is 5.79. The van der Waals surface area contributed by atoms with Crippen LogP contribution in [-0.2, 0) is 14.3 Å². The van der Waals surface area contributed by atoms with Gasteiger partial charge in [-0.05, 0) is 56.2 Å². The number of rotatable bonds is 5. The Balaban J connectivity index is 1.97. The number of ether oxygens (including phenoxy) is 3. The maximum absolute atomic E-state index is 12.3. The molecule has 7 heteroatoms. The van der Waals surface area contributed by atoms with E-state index >= 15 is 0 Å². The first-order valence-corrected chi connectivity index (χ1v) is 9.85. The molecule has 0 aliphatic rings. The van der Waals surface area contributed by atoms with Crippen LogP contribution < -0.4 is 10.5 Å². The van der Waals surface area contributed by atoms with Gasteiger partial charge in [-0.1, -0.05) is 18.2 Å². The molecular weight excluding hydrogens is 390 g/mol. The molecule has 0 saturated heterocycles. The van der Waals surface area contributed by atoms with Crippen LogP contribution in [0.25, 0.3) is 21.2 Å². The number of methoxy groups -OCH3 is 1. The number of nitrogens with two attached hydrogens (primary N) is 1. The van der Waals surface area contributed by atoms with Gasteiger partial charge in [0, 0.05) is 15.8 Å². The second kappa shape index (κ2) is 8.13. The molecule has 1 heterocycles. The second-order valence-corrected chi connectivity index (χ2v) is 8.52. The first kappa shape index (κ1) is 20.7. The summed E-state index contributed by atoms with van der Waals surface area (Å²) in [6, 6.07) is 13.3. The van der Waals surface area contributed by atoms with Gasteiger partial charge < -0.3 is 19.9 Å². The summed E-state index contributed by atoms with van der Waals surface area (Å²) >= 11 is 1.25. The molecular formula is C22H23NO5S. The molecule has 3 aromatic rings. The molecule has 0 unspecified atom stereocenters. The highest BCUT2D eigenvalue weighted by Gasteiger charge is 2.23. The van der Waals surface area contributed by atoms with Crippen molar-refractivity contribution < 1.29 is 23.8 Å². The van der Waals surface area contributed by atoms with Crippen LogP contribution in [0.1, 0.15) is 30.4 Å². The normalized spacial score (nSPS) is 11.3. The van der Waals surface area contributed by atoms with Crippen molar-refractivity contribution in [1.82, 2.24) is 0 Å². The van der Waals surface area contributed by atoms with Crippen LogP contribution in [0.3, 0.4) is 0 Å². The van der Waals surface area contributed by atoms with E-state index in [9.17, 15) is 9.59 Å². The zero-order chi connectivity index (χ0) is 21.2. The average Bonchev–Trinajstić information content (AvgIpc) is 3.02. The van der Waals surface area contributed by atoms with Crippen LogP contribution in [0.5, 0.6) is 5.75 Å². The van der Waals surface area contributed by atoms with Gasteiger partial charge in [0.05, 0.1) is 7.11 Å². The van der Waals surface area contributed by atoms with E-state index in [1.165, 1.54) is 18.4 Å². The summed E-state index contributed by atoms with van der Waals surface area (Å²) in [6.07, 6.45) is 0. The number of fused-ring (bicyclic) bond motifs is 1. The molecule has 0 radical (unpaired) electrons. The summed E-state index contributed by atoms with van der Waals surface area (Å²) in [5, 5.41) is 0.728. The average molecular weight is 413 g/mol. The van der Waals surface area contributed by atoms with Gasteiger partial charge in [-0.25, -0.2) is 9.59 Å². The molecule has 1 aromatic heterocycles. The Hall–Kier alpha value is -3.06. The van der Waals surface area contributed by atoms with Crippen LogP contribution in [0.4, 0.5) is 5.69 Å². The Bertz CT molecular complexity index is 1060. The molecule has 0 fully saturated rings. The Morgan fingerprint density at radius 3 is 2.45 bits per heavy atom. The predicted molar refractivity (Wildman–Crippen MR) is 114 cm³/mol. The molecule has 0 aliphatic heterocycles. The molecule has 0 aliphatic carbocycles. The van der Waals surface area contributed by atoms with Gasteiger partial charge in [0.25, 0.3) is 0 Å². The van der Waals surface area contributed by atoms with Gasteiger partial charge in [-0.15, -0.1) is 11.3 Å². The van der Waals surface area contributed by atoms with Gasteiger partial charge in [-0.2, -0.15) is 0 Å². The predicted octanol–water partition coefficient (Wildman–Crippen LogP) is 4.66. The molecule has 3 rings (SSSR count). The fraction of sp³-hybridized carbons (Fsp3) is 0.273. The van der Waals surface area contributed by atoms with Crippen LogP contribution in [0, 0.1) is 0 Å². The highest BCUT2D eigenvalue weighted by Crippen LogP contribution is 2.40. The van der Waals surface area contributed by atoms with Gasteiger partial charge in [0.2, 0.25) is 0 Å². The third kappa shape index (κ3) is 4.86. The first-order chi connectivity index (χ1) is 13.7. The molecule has 0 spiro atoms. The van der Waals surface area contributed by atoms with E-state index < -0.39 is 17.5 Å². The van der Waals surface area contributed by atoms with Crippen molar-refractivity contribution in [2.75, 3.05) is 19.5 Å². The summed E-state index contributed by atoms with van der Waals surface area (Å²) in [6.45, 7) is 5.04. The van der Waals surface area contributed by atoms with Crippen molar-refractivity contribution in [2.45, 2.75) is 26.4 Å². The number of hydrogen-bond acceptors (Lipinski definition) is 7. The molecule has 152 valence electrons. The van der Waals surface area contributed by atoms with Gasteiger partial charge >= 0.3 is 11.9 Å². The van der Waals surface area contributed by atoms with Gasteiger partial charge in [0.1, 0.15) is 5.60 Å². The third-order valence-corrected chi connectivity index (χ3v) is 5.10. The molecule has 2 aromatic carbocycles. The molecule has 0 atom stereocenters. The van der Waals surface area contributed by atoms with Crippen LogP contribution in [-0.4, -0.2) is 31.3 Å². The van der Waals surface area contributed by atoms with Crippen LogP contribution in [0.2, 0.25) is 0 Å². The van der Waals surface area contributed by atoms with Crippen molar-refractivity contribution in [3.05, 3.63) is 47.3 Å². The Morgan fingerprint density at radius 2 is 1.79 bits per heavy atom. The number of anilines is 1. The van der Waals surface area contributed by atoms with E-state index in [4.69, 9.17) is 19.9 Å². The summed E-state index contributed by atoms with van der Waals surface area (Å²) < 4.78 is 16.7. The van der Waals surface area contributed by atoms with Crippen molar-refractivity contribution in [2.24, 2.45) is 0 Å². The fourth-order valence-electron chi connectivity index (χ4n) is 2.84. The highest BCUT2D eigenvalue weighted by atomic mass is 32.1. The largest absolute Gasteiger partial charge is 0.479 e. The van der Waals surface area contributed by atoms with E-state index in [0.29, 0.717) is 16.3 Å². The van der Waals surface area contributed by atoms with Crippen molar-refractivity contribution in [3.63, 3.8) is 0 Å². The van der Waals surface area contributed by atoms with Crippen molar-refractivity contribution in [1.29, 1.82) is 0 Å². The molecule has 2 N–H and O–H groups in total. The first-order valence-electron chi connectivity index (χ1n) is 9.03. The minimum atomic E-state index is -0.616. The minimum absolute atomic E-state index is 0.302. The van der Waals surface area contributed by atoms with E-state index in [0.717, 1.165) is 21.2 Å². The molecule has 6 nitrogen and oxygen atoms in total.